The van der Waals surface area contributed by atoms with E-state index in [0.717, 1.165) is 39.3 Å². The van der Waals surface area contributed by atoms with Crippen LogP contribution >= 0.6 is 22.9 Å². The zero-order chi connectivity index (χ0) is 23.1. The summed E-state index contributed by atoms with van der Waals surface area (Å²) in [5.41, 5.74) is 1.65. The summed E-state index contributed by atoms with van der Waals surface area (Å²) in [4.78, 5) is 31.1. The molecule has 1 aliphatic rings. The number of aromatic nitrogens is 2. The highest BCUT2D eigenvalue weighted by atomic mass is 35.5. The summed E-state index contributed by atoms with van der Waals surface area (Å²) in [6.45, 7) is 6.48. The second kappa shape index (κ2) is 8.80. The third-order valence-corrected chi connectivity index (χ3v) is 7.85. The Morgan fingerprint density at radius 1 is 1.12 bits per heavy atom. The van der Waals surface area contributed by atoms with Crippen LogP contribution in [-0.4, -0.2) is 46.8 Å². The summed E-state index contributed by atoms with van der Waals surface area (Å²) < 4.78 is 3.38. The van der Waals surface area contributed by atoms with Gasteiger partial charge in [0.25, 0.3) is 5.56 Å². The van der Waals surface area contributed by atoms with E-state index in [1.165, 1.54) is 4.68 Å². The number of benzene rings is 2. The van der Waals surface area contributed by atoms with E-state index >= 15 is 0 Å². The average molecular weight is 481 g/mol. The summed E-state index contributed by atoms with van der Waals surface area (Å²) >= 11 is 7.72. The van der Waals surface area contributed by atoms with Crippen LogP contribution in [0, 0.1) is 6.92 Å². The molecule has 1 amide bonds. The number of thiophene rings is 1. The van der Waals surface area contributed by atoms with Crippen molar-refractivity contribution in [3.63, 3.8) is 0 Å². The van der Waals surface area contributed by atoms with E-state index in [0.29, 0.717) is 29.9 Å². The minimum absolute atomic E-state index is 0.0453. The first kappa shape index (κ1) is 21.9. The average Bonchev–Trinajstić information content (AvgIpc) is 3.23. The SMILES string of the molecule is CC[C@H](C(=O)N1CCN(c2cccc(Cl)c2)CC1)n1nc(C)c2sc3ccccc3c2c1=O. The van der Waals surface area contributed by atoms with Gasteiger partial charge in [-0.1, -0.05) is 42.8 Å². The smallest absolute Gasteiger partial charge is 0.276 e. The summed E-state index contributed by atoms with van der Waals surface area (Å²) in [5, 5.41) is 6.90. The van der Waals surface area contributed by atoms with Gasteiger partial charge in [-0.05, 0) is 37.6 Å². The van der Waals surface area contributed by atoms with Crippen molar-refractivity contribution in [2.45, 2.75) is 26.3 Å². The minimum Gasteiger partial charge on any atom is -0.368 e. The van der Waals surface area contributed by atoms with Crippen molar-refractivity contribution >= 4 is 54.7 Å². The number of rotatable bonds is 4. The highest BCUT2D eigenvalue weighted by Crippen LogP contribution is 2.33. The maximum absolute atomic E-state index is 13.5. The van der Waals surface area contributed by atoms with Gasteiger partial charge in [0.15, 0.2) is 0 Å². The van der Waals surface area contributed by atoms with Crippen LogP contribution < -0.4 is 10.5 Å². The van der Waals surface area contributed by atoms with Crippen molar-refractivity contribution < 1.29 is 4.79 Å². The molecular formula is C25H25ClN4O2S. The number of amides is 1. The van der Waals surface area contributed by atoms with Crippen LogP contribution in [0.4, 0.5) is 5.69 Å². The van der Waals surface area contributed by atoms with E-state index in [1.54, 1.807) is 11.3 Å². The standard InChI is InChI=1S/C25H25ClN4O2S/c1-3-20(24(31)29-13-11-28(12-14-29)18-8-6-7-17(26)15-18)30-25(32)22-19-9-4-5-10-21(19)33-23(22)16(2)27-30/h4-10,15,20H,3,11-14H2,1-2H3/t20-/m1/s1. The van der Waals surface area contributed by atoms with E-state index in [-0.39, 0.29) is 11.5 Å². The lowest BCUT2D eigenvalue weighted by Crippen LogP contribution is -2.51. The highest BCUT2D eigenvalue weighted by molar-refractivity contribution is 7.26. The largest absolute Gasteiger partial charge is 0.368 e. The second-order valence-electron chi connectivity index (χ2n) is 8.35. The van der Waals surface area contributed by atoms with Gasteiger partial charge in [0.1, 0.15) is 6.04 Å². The fourth-order valence-corrected chi connectivity index (χ4v) is 5.93. The number of fused-ring (bicyclic) bond motifs is 3. The summed E-state index contributed by atoms with van der Waals surface area (Å²) in [6.07, 6.45) is 0.507. The first-order valence-corrected chi connectivity index (χ1v) is 12.4. The van der Waals surface area contributed by atoms with Gasteiger partial charge in [-0.25, -0.2) is 4.68 Å². The predicted molar refractivity (Wildman–Crippen MR) is 136 cm³/mol. The molecule has 1 fully saturated rings. The maximum atomic E-state index is 13.5. The fourth-order valence-electron chi connectivity index (χ4n) is 4.61. The molecule has 4 aromatic rings. The lowest BCUT2D eigenvalue weighted by atomic mass is 10.1. The molecule has 170 valence electrons. The molecule has 1 aliphatic heterocycles. The fraction of sp³-hybridized carbons (Fsp3) is 0.320. The van der Waals surface area contributed by atoms with Crippen molar-refractivity contribution in [1.82, 2.24) is 14.7 Å². The molecular weight excluding hydrogens is 456 g/mol. The van der Waals surface area contributed by atoms with E-state index < -0.39 is 6.04 Å². The number of halogens is 1. The molecule has 0 bridgehead atoms. The monoisotopic (exact) mass is 480 g/mol. The molecule has 0 saturated carbocycles. The van der Waals surface area contributed by atoms with Crippen molar-refractivity contribution in [2.24, 2.45) is 0 Å². The molecule has 2 aromatic carbocycles. The van der Waals surface area contributed by atoms with Crippen LogP contribution in [0.1, 0.15) is 25.1 Å². The van der Waals surface area contributed by atoms with E-state index in [9.17, 15) is 9.59 Å². The third-order valence-electron chi connectivity index (χ3n) is 6.34. The Balaban J connectivity index is 1.43. The number of carbonyl (C=O) groups excluding carboxylic acids is 1. The Morgan fingerprint density at radius 2 is 1.88 bits per heavy atom. The molecule has 8 heteroatoms. The summed E-state index contributed by atoms with van der Waals surface area (Å²) in [7, 11) is 0. The number of piperazine rings is 1. The maximum Gasteiger partial charge on any atom is 0.276 e. The van der Waals surface area contributed by atoms with Crippen molar-refractivity contribution in [3.8, 4) is 0 Å². The van der Waals surface area contributed by atoms with E-state index in [1.807, 2.05) is 67.3 Å². The van der Waals surface area contributed by atoms with Gasteiger partial charge >= 0.3 is 0 Å². The van der Waals surface area contributed by atoms with Gasteiger partial charge in [-0.3, -0.25) is 9.59 Å². The Bertz CT molecular complexity index is 1400. The van der Waals surface area contributed by atoms with Gasteiger partial charge in [0.05, 0.1) is 15.8 Å². The van der Waals surface area contributed by atoms with Crippen molar-refractivity contribution in [2.75, 3.05) is 31.1 Å². The molecule has 0 N–H and O–H groups in total. The zero-order valence-corrected chi connectivity index (χ0v) is 20.2. The first-order valence-electron chi connectivity index (χ1n) is 11.2. The molecule has 0 unspecified atom stereocenters. The number of carbonyl (C=O) groups is 1. The molecule has 0 radical (unpaired) electrons. The second-order valence-corrected chi connectivity index (χ2v) is 9.84. The van der Waals surface area contributed by atoms with Crippen LogP contribution in [0.25, 0.3) is 20.2 Å². The molecule has 3 heterocycles. The van der Waals surface area contributed by atoms with Gasteiger partial charge in [-0.15, -0.1) is 11.3 Å². The Labute approximate surface area is 201 Å². The first-order chi connectivity index (χ1) is 16.0. The molecule has 6 nitrogen and oxygen atoms in total. The van der Waals surface area contributed by atoms with E-state index in [2.05, 4.69) is 10.00 Å². The number of hydrogen-bond acceptors (Lipinski definition) is 5. The Kier molecular flexibility index (Phi) is 5.85. The summed E-state index contributed by atoms with van der Waals surface area (Å²) in [6, 6.07) is 15.1. The van der Waals surface area contributed by atoms with Crippen LogP contribution in [0.5, 0.6) is 0 Å². The van der Waals surface area contributed by atoms with Gasteiger partial charge in [0.2, 0.25) is 5.91 Å². The van der Waals surface area contributed by atoms with Crippen LogP contribution in [0.15, 0.2) is 53.3 Å². The molecule has 2 aromatic heterocycles. The molecule has 5 rings (SSSR count). The number of nitrogens with zero attached hydrogens (tertiary/aromatic N) is 4. The lowest BCUT2D eigenvalue weighted by molar-refractivity contribution is -0.135. The minimum atomic E-state index is -0.614. The normalized spacial score (nSPS) is 15.4. The third kappa shape index (κ3) is 3.89. The topological polar surface area (TPSA) is 58.4 Å². The molecule has 0 aliphatic carbocycles. The number of hydrogen-bond donors (Lipinski definition) is 0. The van der Waals surface area contributed by atoms with Crippen molar-refractivity contribution in [3.05, 3.63) is 69.6 Å². The summed E-state index contributed by atoms with van der Waals surface area (Å²) in [5.74, 6) is -0.0453. The van der Waals surface area contributed by atoms with Crippen LogP contribution in [-0.2, 0) is 4.79 Å². The molecule has 1 atom stereocenters. The number of anilines is 1. The van der Waals surface area contributed by atoms with Crippen LogP contribution in [0.2, 0.25) is 5.02 Å². The zero-order valence-electron chi connectivity index (χ0n) is 18.6. The van der Waals surface area contributed by atoms with Gasteiger partial charge in [0, 0.05) is 47.0 Å². The lowest BCUT2D eigenvalue weighted by Gasteiger charge is -2.37. The Morgan fingerprint density at radius 3 is 2.61 bits per heavy atom. The van der Waals surface area contributed by atoms with Crippen molar-refractivity contribution in [1.29, 1.82) is 0 Å². The quantitative estimate of drug-likeness (QED) is 0.418. The van der Waals surface area contributed by atoms with Crippen LogP contribution in [0.3, 0.4) is 0 Å². The van der Waals surface area contributed by atoms with Gasteiger partial charge < -0.3 is 9.80 Å². The Hall–Kier alpha value is -2.90. The predicted octanol–water partition coefficient (Wildman–Crippen LogP) is 4.87. The van der Waals surface area contributed by atoms with E-state index in [4.69, 9.17) is 11.6 Å². The molecule has 33 heavy (non-hydrogen) atoms. The molecule has 0 spiro atoms. The highest BCUT2D eigenvalue weighted by Gasteiger charge is 2.30. The number of aryl methyl sites for hydroxylation is 1. The molecule has 1 saturated heterocycles. The van der Waals surface area contributed by atoms with Gasteiger partial charge in [-0.2, -0.15) is 5.10 Å².